The van der Waals surface area contributed by atoms with Crippen molar-refractivity contribution in [1.29, 1.82) is 0 Å². The maximum absolute atomic E-state index is 13.9. The second-order valence-corrected chi connectivity index (χ2v) is 8.31. The molecule has 4 aromatic rings. The fraction of sp³-hybridized carbons (Fsp3) is 0.333. The van der Waals surface area contributed by atoms with Gasteiger partial charge in [-0.25, -0.2) is 14.4 Å². The lowest BCUT2D eigenvalue weighted by Crippen LogP contribution is -2.38. The first-order valence-corrected chi connectivity index (χ1v) is 10.7. The summed E-state index contributed by atoms with van der Waals surface area (Å²) < 4.78 is 63.0. The van der Waals surface area contributed by atoms with E-state index in [1.54, 1.807) is 4.57 Å². The van der Waals surface area contributed by atoms with Crippen molar-refractivity contribution in [2.24, 2.45) is 0 Å². The molecule has 1 atom stereocenters. The second-order valence-electron chi connectivity index (χ2n) is 7.37. The van der Waals surface area contributed by atoms with Gasteiger partial charge in [0.1, 0.15) is 11.3 Å². The third-order valence-corrected chi connectivity index (χ3v) is 6.19. The second kappa shape index (κ2) is 7.85. The van der Waals surface area contributed by atoms with Crippen LogP contribution in [0.4, 0.5) is 17.6 Å². The lowest BCUT2D eigenvalue weighted by atomic mass is 10.1. The van der Waals surface area contributed by atoms with Crippen molar-refractivity contribution < 1.29 is 22.3 Å². The number of benzene rings is 1. The van der Waals surface area contributed by atoms with Crippen LogP contribution in [-0.2, 0) is 17.5 Å². The molecule has 0 aliphatic carbocycles. The normalized spacial score (nSPS) is 17.6. The topological polar surface area (TPSA) is 52.0 Å². The Labute approximate surface area is 178 Å². The van der Waals surface area contributed by atoms with Crippen molar-refractivity contribution >= 4 is 33.3 Å². The first-order chi connectivity index (χ1) is 14.9. The summed E-state index contributed by atoms with van der Waals surface area (Å²) in [5.41, 5.74) is -1.07. The van der Waals surface area contributed by atoms with E-state index in [0.29, 0.717) is 42.8 Å². The molecule has 4 heterocycles. The molecule has 5 nitrogen and oxygen atoms in total. The molecule has 1 aliphatic rings. The predicted octanol–water partition coefficient (Wildman–Crippen LogP) is 4.85. The molecule has 0 amide bonds. The highest BCUT2D eigenvalue weighted by molar-refractivity contribution is 7.13. The first-order valence-electron chi connectivity index (χ1n) is 9.84. The van der Waals surface area contributed by atoms with E-state index in [0.717, 1.165) is 17.5 Å². The molecule has 1 N–H and O–H groups in total. The number of nitrogens with zero attached hydrogens (tertiary/aromatic N) is 3. The van der Waals surface area contributed by atoms with E-state index in [9.17, 15) is 17.6 Å². The molecule has 1 unspecified atom stereocenters. The summed E-state index contributed by atoms with van der Waals surface area (Å²) in [5.74, 6) is -0.198. The van der Waals surface area contributed by atoms with E-state index < -0.39 is 17.7 Å². The summed E-state index contributed by atoms with van der Waals surface area (Å²) in [6.07, 6.45) is -4.17. The molecule has 5 rings (SSSR count). The molecule has 1 saturated heterocycles. The lowest BCUT2D eigenvalue weighted by Gasteiger charge is -2.24. The molecule has 1 fully saturated rings. The Morgan fingerprint density at radius 1 is 1.23 bits per heavy atom. The Balaban J connectivity index is 1.75. The summed E-state index contributed by atoms with van der Waals surface area (Å²) in [4.78, 5) is 8.90. The van der Waals surface area contributed by atoms with E-state index in [1.807, 2.05) is 17.5 Å². The lowest BCUT2D eigenvalue weighted by molar-refractivity contribution is -0.139. The maximum Gasteiger partial charge on any atom is 0.435 e. The highest BCUT2D eigenvalue weighted by atomic mass is 32.1. The van der Waals surface area contributed by atoms with E-state index in [4.69, 9.17) is 4.74 Å². The number of pyridine rings is 1. The number of hydrogen-bond acceptors (Lipinski definition) is 5. The Hall–Kier alpha value is -2.56. The SMILES string of the molecule is Fc1ccc2c(c1)nc(C(F)(F)F)c1nc(-c3cccs3)n(CCC3CNCCO3)c12. The van der Waals surface area contributed by atoms with Crippen molar-refractivity contribution in [3.05, 3.63) is 47.2 Å². The first kappa shape index (κ1) is 20.3. The van der Waals surface area contributed by atoms with Crippen LogP contribution >= 0.6 is 11.3 Å². The molecule has 0 saturated carbocycles. The van der Waals surface area contributed by atoms with Gasteiger partial charge in [-0.3, -0.25) is 0 Å². The Morgan fingerprint density at radius 2 is 2.10 bits per heavy atom. The Morgan fingerprint density at radius 3 is 2.81 bits per heavy atom. The van der Waals surface area contributed by atoms with Gasteiger partial charge in [-0.05, 0) is 30.0 Å². The fourth-order valence-electron chi connectivity index (χ4n) is 3.95. The molecule has 1 aliphatic heterocycles. The predicted molar refractivity (Wildman–Crippen MR) is 111 cm³/mol. The van der Waals surface area contributed by atoms with Crippen LogP contribution in [0.15, 0.2) is 35.7 Å². The van der Waals surface area contributed by atoms with Gasteiger partial charge in [-0.2, -0.15) is 13.2 Å². The van der Waals surface area contributed by atoms with Crippen LogP contribution in [0.3, 0.4) is 0 Å². The number of halogens is 4. The number of fused-ring (bicyclic) bond motifs is 3. The average Bonchev–Trinajstić information content (AvgIpc) is 3.39. The van der Waals surface area contributed by atoms with Crippen molar-refractivity contribution in [3.8, 4) is 10.7 Å². The van der Waals surface area contributed by atoms with Gasteiger partial charge in [0.15, 0.2) is 11.5 Å². The molecular weight excluding hydrogens is 432 g/mol. The molecule has 10 heteroatoms. The molecule has 162 valence electrons. The smallest absolute Gasteiger partial charge is 0.376 e. The van der Waals surface area contributed by atoms with Crippen LogP contribution < -0.4 is 5.32 Å². The van der Waals surface area contributed by atoms with Crippen molar-refractivity contribution in [3.63, 3.8) is 0 Å². The van der Waals surface area contributed by atoms with Crippen LogP contribution in [0, 0.1) is 5.82 Å². The van der Waals surface area contributed by atoms with Crippen molar-refractivity contribution in [2.75, 3.05) is 19.7 Å². The molecule has 31 heavy (non-hydrogen) atoms. The molecule has 0 spiro atoms. The van der Waals surface area contributed by atoms with E-state index in [2.05, 4.69) is 15.3 Å². The Kier molecular flexibility index (Phi) is 5.15. The van der Waals surface area contributed by atoms with Crippen molar-refractivity contribution in [1.82, 2.24) is 19.9 Å². The molecule has 0 bridgehead atoms. The number of rotatable bonds is 4. The van der Waals surface area contributed by atoms with Gasteiger partial charge in [0.25, 0.3) is 0 Å². The van der Waals surface area contributed by atoms with Gasteiger partial charge >= 0.3 is 6.18 Å². The third kappa shape index (κ3) is 3.79. The quantitative estimate of drug-likeness (QED) is 0.452. The number of hydrogen-bond donors (Lipinski definition) is 1. The highest BCUT2D eigenvalue weighted by Crippen LogP contribution is 2.39. The Bertz CT molecular complexity index is 1230. The summed E-state index contributed by atoms with van der Waals surface area (Å²) in [5, 5.41) is 5.54. The maximum atomic E-state index is 13.9. The minimum Gasteiger partial charge on any atom is -0.376 e. The average molecular weight is 450 g/mol. The zero-order valence-corrected chi connectivity index (χ0v) is 17.1. The zero-order valence-electron chi connectivity index (χ0n) is 16.2. The monoisotopic (exact) mass is 450 g/mol. The van der Waals surface area contributed by atoms with Gasteiger partial charge in [0.2, 0.25) is 0 Å². The van der Waals surface area contributed by atoms with Gasteiger partial charge < -0.3 is 14.6 Å². The summed E-state index contributed by atoms with van der Waals surface area (Å²) >= 11 is 1.40. The highest BCUT2D eigenvalue weighted by Gasteiger charge is 2.38. The van der Waals surface area contributed by atoms with Gasteiger partial charge in [-0.15, -0.1) is 11.3 Å². The van der Waals surface area contributed by atoms with Crippen molar-refractivity contribution in [2.45, 2.75) is 25.2 Å². The number of nitrogens with one attached hydrogen (secondary N) is 1. The minimum absolute atomic E-state index is 0.0463. The van der Waals surface area contributed by atoms with Crippen LogP contribution in [0.25, 0.3) is 32.6 Å². The molecule has 1 aromatic carbocycles. The van der Waals surface area contributed by atoms with E-state index in [-0.39, 0.29) is 17.1 Å². The van der Waals surface area contributed by atoms with E-state index >= 15 is 0 Å². The number of alkyl halides is 3. The number of thiophene rings is 1. The van der Waals surface area contributed by atoms with Crippen LogP contribution in [0.1, 0.15) is 12.1 Å². The molecule has 3 aromatic heterocycles. The number of aromatic nitrogens is 3. The van der Waals surface area contributed by atoms with Gasteiger partial charge in [-0.1, -0.05) is 6.07 Å². The minimum atomic E-state index is -4.72. The van der Waals surface area contributed by atoms with Crippen LogP contribution in [-0.4, -0.2) is 40.3 Å². The third-order valence-electron chi connectivity index (χ3n) is 5.33. The summed E-state index contributed by atoms with van der Waals surface area (Å²) in [6.45, 7) is 2.46. The van der Waals surface area contributed by atoms with Gasteiger partial charge in [0.05, 0.1) is 28.6 Å². The van der Waals surface area contributed by atoms with Crippen LogP contribution in [0.5, 0.6) is 0 Å². The summed E-state index contributed by atoms with van der Waals surface area (Å²) in [6, 6.07) is 7.38. The number of imidazole rings is 1. The number of ether oxygens (including phenoxy) is 1. The summed E-state index contributed by atoms with van der Waals surface area (Å²) in [7, 11) is 0. The van der Waals surface area contributed by atoms with Gasteiger partial charge in [0, 0.05) is 31.1 Å². The van der Waals surface area contributed by atoms with E-state index in [1.165, 1.54) is 23.5 Å². The van der Waals surface area contributed by atoms with Crippen LogP contribution in [0.2, 0.25) is 0 Å². The number of aryl methyl sites for hydroxylation is 1. The molecular formula is C21H18F4N4OS. The molecule has 0 radical (unpaired) electrons. The standard InChI is InChI=1S/C21H18F4N4OS/c22-12-3-4-14-15(10-12)27-19(21(23,24)25)17-18(14)29(7-5-13-11-26-6-8-30-13)20(28-17)16-2-1-9-31-16/h1-4,9-10,13,26H,5-8,11H2. The number of morpholine rings is 1. The fourth-order valence-corrected chi connectivity index (χ4v) is 4.67. The zero-order chi connectivity index (χ0) is 21.6. The largest absolute Gasteiger partial charge is 0.435 e.